The van der Waals surface area contributed by atoms with Crippen LogP contribution in [0.5, 0.6) is 0 Å². The van der Waals surface area contributed by atoms with Gasteiger partial charge < -0.3 is 16.0 Å². The number of carbonyl (C=O) groups excluding carboxylic acids is 2. The van der Waals surface area contributed by atoms with Gasteiger partial charge in [0.2, 0.25) is 5.91 Å². The maximum Gasteiger partial charge on any atom is 0.251 e. The van der Waals surface area contributed by atoms with E-state index in [1.165, 1.54) is 0 Å². The molecule has 0 saturated heterocycles. The van der Waals surface area contributed by atoms with E-state index in [4.69, 9.17) is 0 Å². The topological polar surface area (TPSA) is 70.2 Å². The lowest BCUT2D eigenvalue weighted by Crippen LogP contribution is -2.27. The van der Waals surface area contributed by atoms with E-state index in [2.05, 4.69) is 16.0 Å². The summed E-state index contributed by atoms with van der Waals surface area (Å²) in [6.07, 6.45) is 0. The van der Waals surface area contributed by atoms with Gasteiger partial charge in [0.15, 0.2) is 0 Å². The fraction of sp³-hybridized carbons (Fsp3) is 0.333. The summed E-state index contributed by atoms with van der Waals surface area (Å²) in [5.74, 6) is -0.298. The zero-order valence-corrected chi connectivity index (χ0v) is 10.0. The summed E-state index contributed by atoms with van der Waals surface area (Å²) in [7, 11) is 1.57. The molecular formula is C12H17N3O2. The van der Waals surface area contributed by atoms with Crippen molar-refractivity contribution >= 4 is 17.5 Å². The van der Waals surface area contributed by atoms with Crippen molar-refractivity contribution in [1.29, 1.82) is 0 Å². The second-order valence-electron chi connectivity index (χ2n) is 3.49. The number of likely N-dealkylation sites (N-methyl/N-ethyl adjacent to an activating group) is 1. The molecule has 0 aliphatic rings. The number of hydrogen-bond acceptors (Lipinski definition) is 3. The molecule has 0 bridgehead atoms. The highest BCUT2D eigenvalue weighted by Crippen LogP contribution is 2.10. The Kier molecular flexibility index (Phi) is 5.16. The quantitative estimate of drug-likeness (QED) is 0.699. The second-order valence-corrected chi connectivity index (χ2v) is 3.49. The summed E-state index contributed by atoms with van der Waals surface area (Å²) in [5, 5.41) is 8.17. The van der Waals surface area contributed by atoms with Crippen molar-refractivity contribution in [3.63, 3.8) is 0 Å². The smallest absolute Gasteiger partial charge is 0.251 e. The Bertz CT molecular complexity index is 404. The van der Waals surface area contributed by atoms with Crippen molar-refractivity contribution in [2.24, 2.45) is 0 Å². The summed E-state index contributed by atoms with van der Waals surface area (Å²) in [6, 6.07) is 6.81. The lowest BCUT2D eigenvalue weighted by molar-refractivity contribution is -0.115. The van der Waals surface area contributed by atoms with Gasteiger partial charge in [0.25, 0.3) is 5.91 Å². The molecule has 0 aliphatic carbocycles. The Hall–Kier alpha value is -1.88. The average Bonchev–Trinajstić information content (AvgIpc) is 2.35. The van der Waals surface area contributed by atoms with Crippen LogP contribution in [0, 0.1) is 0 Å². The Morgan fingerprint density at radius 2 is 2.06 bits per heavy atom. The summed E-state index contributed by atoms with van der Waals surface area (Å²) >= 11 is 0. The van der Waals surface area contributed by atoms with E-state index in [9.17, 15) is 9.59 Å². The predicted molar refractivity (Wildman–Crippen MR) is 67.0 cm³/mol. The molecule has 0 aliphatic heterocycles. The van der Waals surface area contributed by atoms with Crippen molar-refractivity contribution in [1.82, 2.24) is 10.6 Å². The molecule has 0 atom stereocenters. The van der Waals surface area contributed by atoms with Crippen molar-refractivity contribution in [2.75, 3.05) is 25.5 Å². The van der Waals surface area contributed by atoms with Gasteiger partial charge in [-0.25, -0.2) is 0 Å². The van der Waals surface area contributed by atoms with Crippen molar-refractivity contribution in [2.45, 2.75) is 6.92 Å². The zero-order valence-electron chi connectivity index (χ0n) is 10.0. The van der Waals surface area contributed by atoms with E-state index in [-0.39, 0.29) is 18.4 Å². The molecule has 0 unspecified atom stereocenters. The Balaban J connectivity index is 2.65. The third kappa shape index (κ3) is 4.24. The van der Waals surface area contributed by atoms with Crippen LogP contribution in [0.2, 0.25) is 0 Å². The van der Waals surface area contributed by atoms with Crippen LogP contribution < -0.4 is 16.0 Å². The number of anilines is 1. The fourth-order valence-electron chi connectivity index (χ4n) is 1.33. The first-order valence-corrected chi connectivity index (χ1v) is 5.50. The lowest BCUT2D eigenvalue weighted by Gasteiger charge is -2.07. The number of amides is 2. The van der Waals surface area contributed by atoms with Crippen LogP contribution in [-0.2, 0) is 4.79 Å². The van der Waals surface area contributed by atoms with E-state index in [0.29, 0.717) is 11.3 Å². The number of nitrogens with one attached hydrogen (secondary N) is 3. The Morgan fingerprint density at radius 1 is 1.29 bits per heavy atom. The van der Waals surface area contributed by atoms with Crippen LogP contribution in [0.25, 0.3) is 0 Å². The maximum absolute atomic E-state index is 11.4. The van der Waals surface area contributed by atoms with Crippen LogP contribution in [0.3, 0.4) is 0 Å². The fourth-order valence-corrected chi connectivity index (χ4v) is 1.33. The predicted octanol–water partition coefficient (Wildman–Crippen LogP) is 0.594. The Labute approximate surface area is 101 Å². The lowest BCUT2D eigenvalue weighted by atomic mass is 10.2. The Morgan fingerprint density at radius 3 is 2.71 bits per heavy atom. The number of hydrogen-bond donors (Lipinski definition) is 3. The summed E-state index contributed by atoms with van der Waals surface area (Å²) in [4.78, 5) is 22.8. The molecule has 17 heavy (non-hydrogen) atoms. The van der Waals surface area contributed by atoms with E-state index >= 15 is 0 Å². The first kappa shape index (κ1) is 13.2. The number of benzene rings is 1. The molecular weight excluding hydrogens is 218 g/mol. The van der Waals surface area contributed by atoms with Crippen LogP contribution in [0.4, 0.5) is 5.69 Å². The second kappa shape index (κ2) is 6.65. The van der Waals surface area contributed by atoms with E-state index in [1.54, 1.807) is 31.3 Å². The van der Waals surface area contributed by atoms with E-state index < -0.39 is 0 Å². The molecule has 0 fully saturated rings. The molecule has 5 nitrogen and oxygen atoms in total. The van der Waals surface area contributed by atoms with Crippen LogP contribution in [-0.4, -0.2) is 32.0 Å². The largest absolute Gasteiger partial charge is 0.355 e. The van der Waals surface area contributed by atoms with Gasteiger partial charge >= 0.3 is 0 Å². The molecule has 0 saturated carbocycles. The zero-order chi connectivity index (χ0) is 12.7. The number of rotatable bonds is 5. The van der Waals surface area contributed by atoms with Gasteiger partial charge in [-0.15, -0.1) is 0 Å². The van der Waals surface area contributed by atoms with Crippen LogP contribution in [0.1, 0.15) is 17.3 Å². The molecule has 3 N–H and O–H groups in total. The van der Waals surface area contributed by atoms with Gasteiger partial charge in [-0.05, 0) is 24.7 Å². The molecule has 5 heteroatoms. The molecule has 2 amide bonds. The first-order valence-electron chi connectivity index (χ1n) is 5.50. The summed E-state index contributed by atoms with van der Waals surface area (Å²) in [6.45, 7) is 2.94. The van der Waals surface area contributed by atoms with E-state index in [1.807, 2.05) is 6.92 Å². The normalized spacial score (nSPS) is 9.76. The SMILES string of the molecule is CCNCC(=O)Nc1cccc(C(=O)NC)c1. The van der Waals surface area contributed by atoms with Gasteiger partial charge in [-0.3, -0.25) is 9.59 Å². The molecule has 1 aromatic rings. The highest BCUT2D eigenvalue weighted by molar-refractivity contribution is 5.97. The molecule has 1 aromatic carbocycles. The van der Waals surface area contributed by atoms with Crippen molar-refractivity contribution < 1.29 is 9.59 Å². The van der Waals surface area contributed by atoms with Crippen molar-refractivity contribution in [3.8, 4) is 0 Å². The molecule has 92 valence electrons. The first-order chi connectivity index (χ1) is 8.17. The monoisotopic (exact) mass is 235 g/mol. The maximum atomic E-state index is 11.4. The highest BCUT2D eigenvalue weighted by atomic mass is 16.2. The minimum Gasteiger partial charge on any atom is -0.355 e. The van der Waals surface area contributed by atoms with Gasteiger partial charge in [0, 0.05) is 18.3 Å². The molecule has 0 spiro atoms. The molecule has 0 heterocycles. The summed E-state index contributed by atoms with van der Waals surface area (Å²) < 4.78 is 0. The third-order valence-corrected chi connectivity index (χ3v) is 2.17. The standard InChI is InChI=1S/C12H17N3O2/c1-3-14-8-11(16)15-10-6-4-5-9(7-10)12(17)13-2/h4-7,14H,3,8H2,1-2H3,(H,13,17)(H,15,16). The minimum atomic E-state index is -0.173. The van der Waals surface area contributed by atoms with Crippen LogP contribution in [0.15, 0.2) is 24.3 Å². The van der Waals surface area contributed by atoms with Gasteiger partial charge in [-0.1, -0.05) is 13.0 Å². The highest BCUT2D eigenvalue weighted by Gasteiger charge is 2.05. The molecule has 0 aromatic heterocycles. The van der Waals surface area contributed by atoms with Gasteiger partial charge in [0.05, 0.1) is 6.54 Å². The number of carbonyl (C=O) groups is 2. The van der Waals surface area contributed by atoms with Crippen molar-refractivity contribution in [3.05, 3.63) is 29.8 Å². The van der Waals surface area contributed by atoms with Gasteiger partial charge in [-0.2, -0.15) is 0 Å². The van der Waals surface area contributed by atoms with Crippen LogP contribution >= 0.6 is 0 Å². The molecule has 0 radical (unpaired) electrons. The average molecular weight is 235 g/mol. The van der Waals surface area contributed by atoms with E-state index in [0.717, 1.165) is 6.54 Å². The third-order valence-electron chi connectivity index (χ3n) is 2.17. The van der Waals surface area contributed by atoms with Gasteiger partial charge in [0.1, 0.15) is 0 Å². The molecule has 1 rings (SSSR count). The summed E-state index contributed by atoms with van der Waals surface area (Å²) in [5.41, 5.74) is 1.14. The minimum absolute atomic E-state index is 0.124.